The predicted molar refractivity (Wildman–Crippen MR) is 102 cm³/mol. The molecule has 6 nitrogen and oxygen atoms in total. The summed E-state index contributed by atoms with van der Waals surface area (Å²) in [5, 5.41) is 16.9. The molecule has 0 radical (unpaired) electrons. The van der Waals surface area contributed by atoms with Gasteiger partial charge < -0.3 is 8.83 Å². The van der Waals surface area contributed by atoms with Crippen molar-refractivity contribution in [2.45, 2.75) is 31.2 Å². The van der Waals surface area contributed by atoms with E-state index in [0.717, 1.165) is 11.1 Å². The van der Waals surface area contributed by atoms with Gasteiger partial charge in [0, 0.05) is 5.56 Å². The molecule has 7 heteroatoms. The van der Waals surface area contributed by atoms with Gasteiger partial charge in [0.2, 0.25) is 17.7 Å². The molecule has 2 heterocycles. The van der Waals surface area contributed by atoms with Gasteiger partial charge in [-0.15, -0.1) is 20.4 Å². The Balaban J connectivity index is 1.37. The summed E-state index contributed by atoms with van der Waals surface area (Å²) in [6, 6.07) is 16.0. The Kier molecular flexibility index (Phi) is 5.02. The zero-order chi connectivity index (χ0) is 18.6. The Labute approximate surface area is 161 Å². The summed E-state index contributed by atoms with van der Waals surface area (Å²) in [5.41, 5.74) is 4.58. The Morgan fingerprint density at radius 3 is 2.44 bits per heavy atom. The SMILES string of the molecule is Cc1ccc(Cc2nnc(SCc3nnc(-c4ccccc4)o3)o2)cc1C. The van der Waals surface area contributed by atoms with Gasteiger partial charge in [0.1, 0.15) is 0 Å². The minimum absolute atomic E-state index is 0.477. The zero-order valence-electron chi connectivity index (χ0n) is 15.0. The summed E-state index contributed by atoms with van der Waals surface area (Å²) in [6.07, 6.45) is 0.618. The minimum atomic E-state index is 0.477. The molecule has 0 fully saturated rings. The monoisotopic (exact) mass is 378 g/mol. The highest BCUT2D eigenvalue weighted by molar-refractivity contribution is 7.98. The maximum absolute atomic E-state index is 5.72. The molecule has 4 rings (SSSR count). The van der Waals surface area contributed by atoms with Gasteiger partial charge in [0.05, 0.1) is 12.2 Å². The topological polar surface area (TPSA) is 77.8 Å². The van der Waals surface area contributed by atoms with Gasteiger partial charge in [-0.2, -0.15) is 0 Å². The molecular formula is C20H18N4O2S. The number of thioether (sulfide) groups is 1. The van der Waals surface area contributed by atoms with E-state index in [9.17, 15) is 0 Å². The smallest absolute Gasteiger partial charge is 0.277 e. The van der Waals surface area contributed by atoms with Crippen molar-refractivity contribution in [3.63, 3.8) is 0 Å². The molecule has 4 aromatic rings. The van der Waals surface area contributed by atoms with Crippen molar-refractivity contribution in [2.24, 2.45) is 0 Å². The van der Waals surface area contributed by atoms with Gasteiger partial charge in [0.25, 0.3) is 5.22 Å². The first kappa shape index (κ1) is 17.5. The molecule has 0 aliphatic rings. The van der Waals surface area contributed by atoms with Crippen LogP contribution in [-0.4, -0.2) is 20.4 Å². The first-order valence-electron chi connectivity index (χ1n) is 8.56. The molecule has 0 amide bonds. The maximum Gasteiger partial charge on any atom is 0.277 e. The van der Waals surface area contributed by atoms with Gasteiger partial charge >= 0.3 is 0 Å². The summed E-state index contributed by atoms with van der Waals surface area (Å²) in [5.74, 6) is 2.10. The first-order chi connectivity index (χ1) is 13.2. The van der Waals surface area contributed by atoms with E-state index in [1.807, 2.05) is 30.3 Å². The highest BCUT2D eigenvalue weighted by atomic mass is 32.2. The lowest BCUT2D eigenvalue weighted by Gasteiger charge is -2.02. The second kappa shape index (κ2) is 7.75. The van der Waals surface area contributed by atoms with Crippen molar-refractivity contribution >= 4 is 11.8 Å². The Bertz CT molecular complexity index is 1040. The van der Waals surface area contributed by atoms with Crippen LogP contribution in [0.25, 0.3) is 11.5 Å². The molecule has 0 saturated heterocycles. The third-order valence-corrected chi connectivity index (χ3v) is 4.98. The van der Waals surface area contributed by atoms with Crippen LogP contribution >= 0.6 is 11.8 Å². The van der Waals surface area contributed by atoms with Gasteiger partial charge in [-0.3, -0.25) is 0 Å². The van der Waals surface area contributed by atoms with E-state index in [0.29, 0.717) is 35.1 Å². The first-order valence-corrected chi connectivity index (χ1v) is 9.55. The third-order valence-electron chi connectivity index (χ3n) is 4.18. The highest BCUT2D eigenvalue weighted by Gasteiger charge is 2.12. The summed E-state index contributed by atoms with van der Waals surface area (Å²) < 4.78 is 11.4. The van der Waals surface area contributed by atoms with Gasteiger partial charge in [-0.05, 0) is 42.7 Å². The Morgan fingerprint density at radius 1 is 0.815 bits per heavy atom. The van der Waals surface area contributed by atoms with E-state index in [4.69, 9.17) is 8.83 Å². The van der Waals surface area contributed by atoms with Crippen LogP contribution in [0.4, 0.5) is 0 Å². The van der Waals surface area contributed by atoms with Crippen LogP contribution in [0, 0.1) is 13.8 Å². The van der Waals surface area contributed by atoms with Crippen molar-refractivity contribution in [3.8, 4) is 11.5 Å². The van der Waals surface area contributed by atoms with Crippen LogP contribution in [0.2, 0.25) is 0 Å². The van der Waals surface area contributed by atoms with Crippen LogP contribution in [0.5, 0.6) is 0 Å². The molecule has 0 bridgehead atoms. The van der Waals surface area contributed by atoms with E-state index < -0.39 is 0 Å². The molecule has 27 heavy (non-hydrogen) atoms. The molecular weight excluding hydrogens is 360 g/mol. The number of aryl methyl sites for hydroxylation is 2. The normalized spacial score (nSPS) is 11.0. The number of aromatic nitrogens is 4. The number of hydrogen-bond acceptors (Lipinski definition) is 7. The van der Waals surface area contributed by atoms with Gasteiger partial charge in [0.15, 0.2) is 0 Å². The lowest BCUT2D eigenvalue weighted by Crippen LogP contribution is -1.90. The molecule has 0 atom stereocenters. The molecule has 0 N–H and O–H groups in total. The van der Waals surface area contributed by atoms with Crippen LogP contribution < -0.4 is 0 Å². The number of benzene rings is 2. The van der Waals surface area contributed by atoms with Crippen molar-refractivity contribution in [1.29, 1.82) is 0 Å². The van der Waals surface area contributed by atoms with Crippen molar-refractivity contribution < 1.29 is 8.83 Å². The second-order valence-corrected chi connectivity index (χ2v) is 7.14. The fourth-order valence-corrected chi connectivity index (χ4v) is 3.21. The Morgan fingerprint density at radius 2 is 1.63 bits per heavy atom. The van der Waals surface area contributed by atoms with Crippen LogP contribution in [-0.2, 0) is 12.2 Å². The largest absolute Gasteiger partial charge is 0.420 e. The average Bonchev–Trinajstić information content (AvgIpc) is 3.33. The Hall–Kier alpha value is -2.93. The predicted octanol–water partition coefficient (Wildman–Crippen LogP) is 4.62. The van der Waals surface area contributed by atoms with Gasteiger partial charge in [-0.25, -0.2) is 0 Å². The minimum Gasteiger partial charge on any atom is -0.420 e. The van der Waals surface area contributed by atoms with Crippen molar-refractivity contribution in [3.05, 3.63) is 77.0 Å². The highest BCUT2D eigenvalue weighted by Crippen LogP contribution is 2.24. The second-order valence-electron chi connectivity index (χ2n) is 6.21. The molecule has 0 aliphatic heterocycles. The molecule has 136 valence electrons. The molecule has 0 saturated carbocycles. The molecule has 2 aromatic heterocycles. The third kappa shape index (κ3) is 4.25. The van der Waals surface area contributed by atoms with E-state index in [-0.39, 0.29) is 0 Å². The number of hydrogen-bond donors (Lipinski definition) is 0. The van der Waals surface area contributed by atoms with Crippen LogP contribution in [0.3, 0.4) is 0 Å². The summed E-state index contributed by atoms with van der Waals surface area (Å²) in [4.78, 5) is 0. The fraction of sp³-hybridized carbons (Fsp3) is 0.200. The maximum atomic E-state index is 5.72. The lowest BCUT2D eigenvalue weighted by atomic mass is 10.0. The van der Waals surface area contributed by atoms with Crippen LogP contribution in [0.15, 0.2) is 62.6 Å². The molecule has 0 aliphatic carbocycles. The molecule has 0 spiro atoms. The summed E-state index contributed by atoms with van der Waals surface area (Å²) >= 11 is 1.38. The lowest BCUT2D eigenvalue weighted by molar-refractivity contribution is 0.419. The van der Waals surface area contributed by atoms with Crippen molar-refractivity contribution in [1.82, 2.24) is 20.4 Å². The fourth-order valence-electron chi connectivity index (χ4n) is 2.59. The van der Waals surface area contributed by atoms with Gasteiger partial charge in [-0.1, -0.05) is 48.2 Å². The summed E-state index contributed by atoms with van der Waals surface area (Å²) in [7, 11) is 0. The summed E-state index contributed by atoms with van der Waals surface area (Å²) in [6.45, 7) is 4.20. The average molecular weight is 378 g/mol. The standard InChI is InChI=1S/C20H18N4O2S/c1-13-8-9-15(10-14(13)2)11-17-21-24-20(26-17)27-12-18-22-23-19(25-18)16-6-4-3-5-7-16/h3-10H,11-12H2,1-2H3. The van der Waals surface area contributed by atoms with E-state index in [2.05, 4.69) is 52.4 Å². The molecule has 2 aromatic carbocycles. The number of rotatable bonds is 6. The quantitative estimate of drug-likeness (QED) is 0.453. The van der Waals surface area contributed by atoms with E-state index in [1.165, 1.54) is 22.9 Å². The van der Waals surface area contributed by atoms with E-state index in [1.54, 1.807) is 0 Å². The van der Waals surface area contributed by atoms with Crippen molar-refractivity contribution in [2.75, 3.05) is 0 Å². The zero-order valence-corrected chi connectivity index (χ0v) is 15.9. The number of nitrogens with zero attached hydrogens (tertiary/aromatic N) is 4. The van der Waals surface area contributed by atoms with E-state index >= 15 is 0 Å². The van der Waals surface area contributed by atoms with Crippen LogP contribution in [0.1, 0.15) is 28.5 Å². The molecule has 0 unspecified atom stereocenters.